The van der Waals surface area contributed by atoms with Gasteiger partial charge in [0.15, 0.2) is 0 Å². The Morgan fingerprint density at radius 2 is 1.54 bits per heavy atom. The van der Waals surface area contributed by atoms with Crippen LogP contribution in [0.2, 0.25) is 0 Å². The molecule has 1 aliphatic heterocycles. The largest absolute Gasteiger partial charge is 0.370 e. The summed E-state index contributed by atoms with van der Waals surface area (Å²) in [6, 6.07) is -6.33. The molecule has 1 fully saturated rings. The van der Waals surface area contributed by atoms with Gasteiger partial charge in [-0.15, -0.1) is 0 Å². The summed E-state index contributed by atoms with van der Waals surface area (Å²) >= 11 is 0. The standard InChI is InChI=1S/C29H47N11O8/c1-14(2)23(31)29(48)39-19(10-17-11-33-13-35-17)27(46)37-16(4)25(44)34-12-22(42)40-9-5-6-20(40)28(47)38-18(7-8-21(30)41)26(45)36-15(3)24(32)43/h11,13-16,18-20,23H,5-10,12,31H2,1-4H3,(H2,30,41)(H2,32,43)(H,33,35)(H,34,44)(H,36,45)(H,37,46)(H,38,47)(H,39,48)/t15-,16-,18-,19-,20-,23-/m0/s1. The van der Waals surface area contributed by atoms with Gasteiger partial charge >= 0.3 is 0 Å². The molecule has 1 aromatic rings. The highest BCUT2D eigenvalue weighted by atomic mass is 16.2. The van der Waals surface area contributed by atoms with Crippen LogP contribution in [-0.2, 0) is 44.8 Å². The number of imidazole rings is 1. The molecule has 0 bridgehead atoms. The van der Waals surface area contributed by atoms with E-state index in [0.717, 1.165) is 0 Å². The summed E-state index contributed by atoms with van der Waals surface area (Å²) in [4.78, 5) is 108. The summed E-state index contributed by atoms with van der Waals surface area (Å²) in [5, 5.41) is 12.5. The van der Waals surface area contributed by atoms with Crippen molar-refractivity contribution in [1.29, 1.82) is 0 Å². The Morgan fingerprint density at radius 1 is 0.896 bits per heavy atom. The topological polar surface area (TPSA) is 307 Å². The molecule has 0 aliphatic carbocycles. The van der Waals surface area contributed by atoms with Gasteiger partial charge in [-0.2, -0.15) is 0 Å². The highest BCUT2D eigenvalue weighted by molar-refractivity contribution is 5.96. The maximum atomic E-state index is 13.2. The average Bonchev–Trinajstić information content (AvgIpc) is 3.73. The van der Waals surface area contributed by atoms with Crippen molar-refractivity contribution >= 4 is 47.3 Å². The van der Waals surface area contributed by atoms with Gasteiger partial charge < -0.3 is 53.7 Å². The summed E-state index contributed by atoms with van der Waals surface area (Å²) < 4.78 is 0. The zero-order chi connectivity index (χ0) is 36.1. The second kappa shape index (κ2) is 18.3. The molecule has 2 heterocycles. The molecule has 6 atom stereocenters. The quantitative estimate of drug-likeness (QED) is 0.0721. The molecule has 1 saturated heterocycles. The molecule has 2 rings (SSSR count). The predicted octanol–water partition coefficient (Wildman–Crippen LogP) is -4.23. The Balaban J connectivity index is 2.00. The van der Waals surface area contributed by atoms with Gasteiger partial charge in [0, 0.05) is 31.3 Å². The Kier molecular flexibility index (Phi) is 14.9. The molecule has 0 unspecified atom stereocenters. The minimum absolute atomic E-state index is 0.0445. The highest BCUT2D eigenvalue weighted by Crippen LogP contribution is 2.18. The normalized spacial score (nSPS) is 17.3. The van der Waals surface area contributed by atoms with Crippen LogP contribution < -0.4 is 43.8 Å². The molecule has 0 spiro atoms. The summed E-state index contributed by atoms with van der Waals surface area (Å²) in [5.41, 5.74) is 16.9. The number of aromatic nitrogens is 2. The molecule has 1 aromatic heterocycles. The highest BCUT2D eigenvalue weighted by Gasteiger charge is 2.36. The van der Waals surface area contributed by atoms with Crippen LogP contribution >= 0.6 is 0 Å². The van der Waals surface area contributed by atoms with E-state index in [9.17, 15) is 38.4 Å². The van der Waals surface area contributed by atoms with Crippen LogP contribution in [0.25, 0.3) is 0 Å². The number of H-pyrrole nitrogens is 1. The summed E-state index contributed by atoms with van der Waals surface area (Å²) in [7, 11) is 0. The van der Waals surface area contributed by atoms with Crippen LogP contribution in [0.15, 0.2) is 12.5 Å². The maximum absolute atomic E-state index is 13.2. The number of rotatable bonds is 18. The van der Waals surface area contributed by atoms with Crippen molar-refractivity contribution in [3.05, 3.63) is 18.2 Å². The second-order valence-electron chi connectivity index (χ2n) is 12.0. The van der Waals surface area contributed by atoms with Gasteiger partial charge in [-0.3, -0.25) is 38.4 Å². The first-order valence-electron chi connectivity index (χ1n) is 15.6. The molecule has 19 nitrogen and oxygen atoms in total. The van der Waals surface area contributed by atoms with Gasteiger partial charge in [-0.05, 0) is 39.0 Å². The molecule has 1 aliphatic rings. The third-order valence-electron chi connectivity index (χ3n) is 7.77. The van der Waals surface area contributed by atoms with E-state index in [-0.39, 0.29) is 38.1 Å². The van der Waals surface area contributed by atoms with Crippen molar-refractivity contribution in [3.63, 3.8) is 0 Å². The SMILES string of the molecule is CC(C)[C@H](N)C(=O)N[C@@H](Cc1cnc[nH]1)C(=O)N[C@@H](C)C(=O)NCC(=O)N1CCC[C@H]1C(=O)N[C@@H](CCC(N)=O)C(=O)N[C@@H](C)C(N)=O. The first-order chi connectivity index (χ1) is 22.5. The van der Waals surface area contributed by atoms with E-state index in [2.05, 4.69) is 36.6 Å². The van der Waals surface area contributed by atoms with Crippen molar-refractivity contribution in [2.75, 3.05) is 13.1 Å². The van der Waals surface area contributed by atoms with Crippen LogP contribution in [0.1, 0.15) is 59.1 Å². The summed E-state index contributed by atoms with van der Waals surface area (Å²) in [5.74, 6) is -5.64. The number of aromatic amines is 1. The zero-order valence-electron chi connectivity index (χ0n) is 27.5. The third-order valence-corrected chi connectivity index (χ3v) is 7.77. The van der Waals surface area contributed by atoms with Crippen molar-refractivity contribution in [1.82, 2.24) is 41.5 Å². The first kappa shape index (κ1) is 39.1. The number of likely N-dealkylation sites (tertiary alicyclic amines) is 1. The lowest BCUT2D eigenvalue weighted by molar-refractivity contribution is -0.140. The number of hydrogen-bond acceptors (Lipinski definition) is 10. The Hall–Kier alpha value is -5.07. The smallest absolute Gasteiger partial charge is 0.243 e. The van der Waals surface area contributed by atoms with Crippen molar-refractivity contribution in [3.8, 4) is 0 Å². The average molecular weight is 678 g/mol. The van der Waals surface area contributed by atoms with E-state index in [0.29, 0.717) is 12.1 Å². The number of nitrogens with one attached hydrogen (secondary N) is 6. The monoisotopic (exact) mass is 677 g/mol. The molecule has 48 heavy (non-hydrogen) atoms. The lowest BCUT2D eigenvalue weighted by Crippen LogP contribution is -2.57. The van der Waals surface area contributed by atoms with E-state index in [1.54, 1.807) is 13.8 Å². The first-order valence-corrected chi connectivity index (χ1v) is 15.6. The van der Waals surface area contributed by atoms with E-state index < -0.39 is 90.1 Å². The van der Waals surface area contributed by atoms with Crippen molar-refractivity contribution in [2.24, 2.45) is 23.1 Å². The molecule has 0 saturated carbocycles. The molecule has 12 N–H and O–H groups in total. The van der Waals surface area contributed by atoms with Gasteiger partial charge in [0.05, 0.1) is 18.9 Å². The van der Waals surface area contributed by atoms with Gasteiger partial charge in [0.25, 0.3) is 0 Å². The van der Waals surface area contributed by atoms with Gasteiger partial charge in [-0.1, -0.05) is 13.8 Å². The van der Waals surface area contributed by atoms with Gasteiger partial charge in [-0.25, -0.2) is 4.98 Å². The van der Waals surface area contributed by atoms with Crippen LogP contribution in [0.5, 0.6) is 0 Å². The maximum Gasteiger partial charge on any atom is 0.243 e. The van der Waals surface area contributed by atoms with Crippen molar-refractivity contribution in [2.45, 2.75) is 96.1 Å². The number of primary amides is 2. The lowest BCUT2D eigenvalue weighted by atomic mass is 10.0. The number of nitrogens with two attached hydrogens (primary N) is 3. The number of amides is 8. The number of carbonyl (C=O) groups excluding carboxylic acids is 8. The van der Waals surface area contributed by atoms with Crippen LogP contribution in [0, 0.1) is 5.92 Å². The second-order valence-corrected chi connectivity index (χ2v) is 12.0. The molecule has 0 radical (unpaired) electrons. The fourth-order valence-electron chi connectivity index (χ4n) is 4.74. The zero-order valence-corrected chi connectivity index (χ0v) is 27.5. The van der Waals surface area contributed by atoms with Gasteiger partial charge in [0.2, 0.25) is 47.3 Å². The molecular weight excluding hydrogens is 630 g/mol. The minimum Gasteiger partial charge on any atom is -0.370 e. The van der Waals surface area contributed by atoms with Crippen LogP contribution in [0.4, 0.5) is 0 Å². The van der Waals surface area contributed by atoms with E-state index in [1.165, 1.54) is 31.3 Å². The van der Waals surface area contributed by atoms with E-state index in [4.69, 9.17) is 17.2 Å². The van der Waals surface area contributed by atoms with Crippen LogP contribution in [-0.4, -0.2) is 111 Å². The molecular formula is C29H47N11O8. The molecule has 19 heteroatoms. The lowest BCUT2D eigenvalue weighted by Gasteiger charge is -2.27. The van der Waals surface area contributed by atoms with E-state index >= 15 is 0 Å². The fraction of sp³-hybridized carbons (Fsp3) is 0.621. The van der Waals surface area contributed by atoms with Crippen molar-refractivity contribution < 1.29 is 38.4 Å². The third kappa shape index (κ3) is 11.9. The number of carbonyl (C=O) groups is 8. The molecule has 266 valence electrons. The Bertz CT molecular complexity index is 1340. The van der Waals surface area contributed by atoms with E-state index in [1.807, 2.05) is 0 Å². The number of nitrogens with zero attached hydrogens (tertiary/aromatic N) is 2. The van der Waals surface area contributed by atoms with Gasteiger partial charge in [0.1, 0.15) is 30.2 Å². The van der Waals surface area contributed by atoms with Crippen LogP contribution in [0.3, 0.4) is 0 Å². The minimum atomic E-state index is -1.24. The molecule has 8 amide bonds. The fourth-order valence-corrected chi connectivity index (χ4v) is 4.74. The summed E-state index contributed by atoms with van der Waals surface area (Å²) in [6.45, 7) is 5.97. The summed E-state index contributed by atoms with van der Waals surface area (Å²) in [6.07, 6.45) is 3.29. The molecule has 0 aromatic carbocycles. The predicted molar refractivity (Wildman–Crippen MR) is 170 cm³/mol. The Morgan fingerprint density at radius 3 is 2.12 bits per heavy atom. The Labute approximate surface area is 277 Å². The number of hydrogen-bond donors (Lipinski definition) is 9.